The second-order valence-corrected chi connectivity index (χ2v) is 9.35. The van der Waals surface area contributed by atoms with Gasteiger partial charge in [-0.25, -0.2) is 13.1 Å². The highest BCUT2D eigenvalue weighted by Gasteiger charge is 2.19. The smallest absolute Gasteiger partial charge is 0.268 e. The number of benzene rings is 1. The van der Waals surface area contributed by atoms with Gasteiger partial charge in [0.1, 0.15) is 10.6 Å². The van der Waals surface area contributed by atoms with Crippen LogP contribution in [0.5, 0.6) is 0 Å². The van der Waals surface area contributed by atoms with E-state index in [1.165, 1.54) is 29.4 Å². The minimum absolute atomic E-state index is 0.0711. The number of sulfonamides is 1. The van der Waals surface area contributed by atoms with E-state index in [1.807, 2.05) is 12.1 Å². The SMILES string of the molecule is CNS(=O)(=O)c1cc(C(=O)NCc2cccc(CN3CCN(C)CC3)c2)n(C)c1. The average molecular weight is 420 g/mol. The number of piperazine rings is 1. The zero-order valence-electron chi connectivity index (χ0n) is 17.2. The molecule has 1 aliphatic heterocycles. The molecule has 3 rings (SSSR count). The summed E-state index contributed by atoms with van der Waals surface area (Å²) in [6, 6.07) is 9.59. The van der Waals surface area contributed by atoms with E-state index < -0.39 is 10.0 Å². The van der Waals surface area contributed by atoms with Crippen LogP contribution < -0.4 is 10.0 Å². The van der Waals surface area contributed by atoms with Crippen molar-refractivity contribution in [1.29, 1.82) is 0 Å². The Hall–Kier alpha value is -2.20. The van der Waals surface area contributed by atoms with Gasteiger partial charge < -0.3 is 14.8 Å². The van der Waals surface area contributed by atoms with E-state index in [0.29, 0.717) is 12.2 Å². The second-order valence-electron chi connectivity index (χ2n) is 7.46. The van der Waals surface area contributed by atoms with Crippen LogP contribution in [-0.2, 0) is 30.2 Å². The third-order valence-electron chi connectivity index (χ3n) is 5.24. The second kappa shape index (κ2) is 9.08. The maximum atomic E-state index is 12.5. The molecule has 1 saturated heterocycles. The number of amides is 1. The first-order valence-electron chi connectivity index (χ1n) is 9.65. The van der Waals surface area contributed by atoms with Crippen molar-refractivity contribution in [2.75, 3.05) is 40.3 Å². The first-order chi connectivity index (χ1) is 13.8. The van der Waals surface area contributed by atoms with Crippen molar-refractivity contribution >= 4 is 15.9 Å². The molecule has 0 unspecified atom stereocenters. The molecule has 29 heavy (non-hydrogen) atoms. The Balaban J connectivity index is 1.61. The van der Waals surface area contributed by atoms with Gasteiger partial charge in [0.15, 0.2) is 0 Å². The highest BCUT2D eigenvalue weighted by atomic mass is 32.2. The van der Waals surface area contributed by atoms with Crippen molar-refractivity contribution in [3.05, 3.63) is 53.3 Å². The van der Waals surface area contributed by atoms with Gasteiger partial charge in [0, 0.05) is 52.5 Å². The van der Waals surface area contributed by atoms with Crippen LogP contribution in [0.3, 0.4) is 0 Å². The number of hydrogen-bond acceptors (Lipinski definition) is 5. The molecule has 2 N–H and O–H groups in total. The summed E-state index contributed by atoms with van der Waals surface area (Å²) in [7, 11) is 1.56. The van der Waals surface area contributed by atoms with Gasteiger partial charge in [-0.05, 0) is 31.3 Å². The number of carbonyl (C=O) groups excluding carboxylic acids is 1. The Morgan fingerprint density at radius 3 is 2.45 bits per heavy atom. The van der Waals surface area contributed by atoms with E-state index in [-0.39, 0.29) is 10.8 Å². The molecular weight excluding hydrogens is 390 g/mol. The van der Waals surface area contributed by atoms with E-state index in [2.05, 4.69) is 39.0 Å². The molecule has 2 aromatic rings. The minimum Gasteiger partial charge on any atom is -0.347 e. The Labute approximate surface area is 172 Å². The molecule has 0 saturated carbocycles. The van der Waals surface area contributed by atoms with E-state index in [0.717, 1.165) is 38.3 Å². The van der Waals surface area contributed by atoms with Crippen LogP contribution in [-0.4, -0.2) is 69.0 Å². The van der Waals surface area contributed by atoms with Crippen molar-refractivity contribution in [2.24, 2.45) is 7.05 Å². The molecule has 158 valence electrons. The van der Waals surface area contributed by atoms with Crippen LogP contribution in [0.4, 0.5) is 0 Å². The Bertz CT molecular complexity index is 962. The molecule has 0 spiro atoms. The summed E-state index contributed by atoms with van der Waals surface area (Å²) in [5.41, 5.74) is 2.54. The fourth-order valence-corrected chi connectivity index (χ4v) is 4.20. The predicted molar refractivity (Wildman–Crippen MR) is 112 cm³/mol. The van der Waals surface area contributed by atoms with Crippen molar-refractivity contribution in [3.63, 3.8) is 0 Å². The molecule has 1 amide bonds. The van der Waals surface area contributed by atoms with Gasteiger partial charge in [-0.1, -0.05) is 24.3 Å². The fourth-order valence-electron chi connectivity index (χ4n) is 3.40. The van der Waals surface area contributed by atoms with E-state index >= 15 is 0 Å². The van der Waals surface area contributed by atoms with Gasteiger partial charge in [0.05, 0.1) is 0 Å². The maximum Gasteiger partial charge on any atom is 0.268 e. The maximum absolute atomic E-state index is 12.5. The average Bonchev–Trinajstić information content (AvgIpc) is 3.11. The van der Waals surface area contributed by atoms with Gasteiger partial charge >= 0.3 is 0 Å². The zero-order chi connectivity index (χ0) is 21.0. The molecular formula is C20H29N5O3S. The van der Waals surface area contributed by atoms with Crippen molar-refractivity contribution < 1.29 is 13.2 Å². The van der Waals surface area contributed by atoms with E-state index in [1.54, 1.807) is 7.05 Å². The molecule has 0 aliphatic carbocycles. The lowest BCUT2D eigenvalue weighted by Gasteiger charge is -2.32. The van der Waals surface area contributed by atoms with Crippen LogP contribution in [0.15, 0.2) is 41.4 Å². The predicted octanol–water partition coefficient (Wildman–Crippen LogP) is 0.611. The number of likely N-dealkylation sites (N-methyl/N-ethyl adjacent to an activating group) is 1. The highest BCUT2D eigenvalue weighted by molar-refractivity contribution is 7.89. The summed E-state index contributed by atoms with van der Waals surface area (Å²) < 4.78 is 27.6. The van der Waals surface area contributed by atoms with Crippen LogP contribution >= 0.6 is 0 Å². The lowest BCUT2D eigenvalue weighted by Crippen LogP contribution is -2.43. The first-order valence-corrected chi connectivity index (χ1v) is 11.1. The van der Waals surface area contributed by atoms with Crippen LogP contribution in [0.1, 0.15) is 21.6 Å². The lowest BCUT2D eigenvalue weighted by molar-refractivity contribution is 0.0942. The lowest BCUT2D eigenvalue weighted by atomic mass is 10.1. The standard InChI is InChI=1S/C20H29N5O3S/c1-21-29(27,28)18-12-19(24(3)15-18)20(26)22-13-16-5-4-6-17(11-16)14-25-9-7-23(2)8-10-25/h4-6,11-12,15,21H,7-10,13-14H2,1-3H3,(H,22,26). The Morgan fingerprint density at radius 1 is 1.07 bits per heavy atom. The largest absolute Gasteiger partial charge is 0.347 e. The summed E-state index contributed by atoms with van der Waals surface area (Å²) in [5.74, 6) is -0.311. The van der Waals surface area contributed by atoms with E-state index in [4.69, 9.17) is 0 Å². The number of nitrogens with one attached hydrogen (secondary N) is 2. The van der Waals surface area contributed by atoms with Gasteiger partial charge in [-0.3, -0.25) is 9.69 Å². The molecule has 1 fully saturated rings. The minimum atomic E-state index is -3.58. The van der Waals surface area contributed by atoms with E-state index in [9.17, 15) is 13.2 Å². The quantitative estimate of drug-likeness (QED) is 0.687. The van der Waals surface area contributed by atoms with Crippen LogP contribution in [0, 0.1) is 0 Å². The number of carbonyl (C=O) groups is 1. The molecule has 0 atom stereocenters. The highest BCUT2D eigenvalue weighted by Crippen LogP contribution is 2.14. The van der Waals surface area contributed by atoms with Gasteiger partial charge in [-0.15, -0.1) is 0 Å². The molecule has 1 aromatic carbocycles. The summed E-state index contributed by atoms with van der Waals surface area (Å²) in [6.07, 6.45) is 1.43. The number of hydrogen-bond donors (Lipinski definition) is 2. The molecule has 0 radical (unpaired) electrons. The molecule has 2 heterocycles. The molecule has 1 aromatic heterocycles. The molecule has 0 bridgehead atoms. The summed E-state index contributed by atoms with van der Waals surface area (Å²) in [5, 5.41) is 2.88. The van der Waals surface area contributed by atoms with Crippen molar-refractivity contribution in [1.82, 2.24) is 24.4 Å². The van der Waals surface area contributed by atoms with Gasteiger partial charge in [0.25, 0.3) is 5.91 Å². The third-order valence-corrected chi connectivity index (χ3v) is 6.62. The fraction of sp³-hybridized carbons (Fsp3) is 0.450. The summed E-state index contributed by atoms with van der Waals surface area (Å²) in [4.78, 5) is 17.4. The Kier molecular flexibility index (Phi) is 6.74. The zero-order valence-corrected chi connectivity index (χ0v) is 18.0. The number of nitrogens with zero attached hydrogens (tertiary/aromatic N) is 3. The number of rotatable bonds is 7. The topological polar surface area (TPSA) is 86.7 Å². The van der Waals surface area contributed by atoms with Gasteiger partial charge in [-0.2, -0.15) is 0 Å². The molecule has 8 nitrogen and oxygen atoms in total. The molecule has 1 aliphatic rings. The summed E-state index contributed by atoms with van der Waals surface area (Å²) >= 11 is 0. The number of aryl methyl sites for hydroxylation is 1. The van der Waals surface area contributed by atoms with Crippen molar-refractivity contribution in [2.45, 2.75) is 18.0 Å². The van der Waals surface area contributed by atoms with Gasteiger partial charge in [0.2, 0.25) is 10.0 Å². The van der Waals surface area contributed by atoms with Crippen LogP contribution in [0.2, 0.25) is 0 Å². The third kappa shape index (κ3) is 5.45. The Morgan fingerprint density at radius 2 is 1.76 bits per heavy atom. The first kappa shape index (κ1) is 21.5. The number of aromatic nitrogens is 1. The van der Waals surface area contributed by atoms with Crippen molar-refractivity contribution in [3.8, 4) is 0 Å². The molecule has 9 heteroatoms. The van der Waals surface area contributed by atoms with Crippen LogP contribution in [0.25, 0.3) is 0 Å². The normalized spacial score (nSPS) is 16.1. The summed E-state index contributed by atoms with van der Waals surface area (Å²) in [6.45, 7) is 5.56. The monoisotopic (exact) mass is 419 g/mol.